The van der Waals surface area contributed by atoms with Crippen molar-refractivity contribution in [2.45, 2.75) is 9.32 Å². The fraction of sp³-hybridized carbons (Fsp3) is 0.0667. The van der Waals surface area contributed by atoms with Crippen LogP contribution >= 0.6 is 35.0 Å². The summed E-state index contributed by atoms with van der Waals surface area (Å²) in [5.74, 6) is 0. The number of thioether (sulfide) groups is 1. The van der Waals surface area contributed by atoms with Crippen LogP contribution in [-0.2, 0) is 0 Å². The maximum Gasteiger partial charge on any atom is 0.380 e. The number of rotatable bonds is 4. The van der Waals surface area contributed by atoms with Gasteiger partial charge >= 0.3 is 5.69 Å². The highest BCUT2D eigenvalue weighted by molar-refractivity contribution is 8.02. The van der Waals surface area contributed by atoms with E-state index < -0.39 is 9.86 Å². The van der Waals surface area contributed by atoms with Gasteiger partial charge in [0.05, 0.1) is 5.69 Å². The first-order valence-corrected chi connectivity index (χ1v) is 8.30. The maximum absolute atomic E-state index is 13.5. The van der Waals surface area contributed by atoms with Crippen LogP contribution in [0.5, 0.6) is 0 Å². The van der Waals surface area contributed by atoms with E-state index in [9.17, 15) is 9.28 Å². The zero-order chi connectivity index (χ0) is 16.4. The van der Waals surface area contributed by atoms with Gasteiger partial charge in [-0.15, -0.1) is 5.10 Å². The summed E-state index contributed by atoms with van der Waals surface area (Å²) >= 11 is 12.2. The third-order valence-corrected chi connectivity index (χ3v) is 4.33. The molecular formula is C15H10Cl2FN3OS. The molecule has 0 aliphatic heterocycles. The van der Waals surface area contributed by atoms with Gasteiger partial charge in [-0.3, -0.25) is 0 Å². The van der Waals surface area contributed by atoms with Crippen molar-refractivity contribution in [2.75, 3.05) is 0 Å². The number of hydrogen-bond acceptors (Lipinski definition) is 3. The Morgan fingerprint density at radius 3 is 2.22 bits per heavy atom. The zero-order valence-electron chi connectivity index (χ0n) is 11.6. The van der Waals surface area contributed by atoms with Gasteiger partial charge in [0.1, 0.15) is 0 Å². The van der Waals surface area contributed by atoms with Crippen LogP contribution in [0, 0.1) is 0 Å². The summed E-state index contributed by atoms with van der Waals surface area (Å²) in [5, 5.41) is 3.59. The largest absolute Gasteiger partial charge is 0.380 e. The molecule has 2 aromatic carbocycles. The van der Waals surface area contributed by atoms with Gasteiger partial charge in [0.25, 0.3) is 0 Å². The number of halogens is 3. The molecule has 0 atom stereocenters. The van der Waals surface area contributed by atoms with Gasteiger partial charge in [0.15, 0.2) is 4.17 Å². The number of benzene rings is 2. The van der Waals surface area contributed by atoms with Gasteiger partial charge in [0, 0.05) is 0 Å². The minimum Gasteiger partial charge on any atom is -0.243 e. The highest BCUT2D eigenvalue weighted by Gasteiger charge is 2.18. The summed E-state index contributed by atoms with van der Waals surface area (Å²) in [6, 6.07) is 16.9. The molecule has 0 N–H and O–H groups in total. The van der Waals surface area contributed by atoms with Crippen LogP contribution in [0.1, 0.15) is 0 Å². The predicted molar refractivity (Wildman–Crippen MR) is 91.1 cm³/mol. The van der Waals surface area contributed by atoms with Crippen molar-refractivity contribution in [3.05, 3.63) is 65.1 Å². The highest BCUT2D eigenvalue weighted by atomic mass is 35.5. The fourth-order valence-electron chi connectivity index (χ4n) is 2.14. The molecular weight excluding hydrogens is 360 g/mol. The monoisotopic (exact) mass is 369 g/mol. The second-order valence-corrected chi connectivity index (χ2v) is 7.24. The summed E-state index contributed by atoms with van der Waals surface area (Å²) in [7, 11) is 0. The van der Waals surface area contributed by atoms with Gasteiger partial charge in [-0.1, -0.05) is 70.1 Å². The molecule has 0 radical (unpaired) electrons. The molecule has 0 aliphatic carbocycles. The van der Waals surface area contributed by atoms with Crippen molar-refractivity contribution in [3.8, 4) is 16.8 Å². The van der Waals surface area contributed by atoms with Crippen LogP contribution in [0.4, 0.5) is 4.48 Å². The quantitative estimate of drug-likeness (QED) is 0.508. The third-order valence-electron chi connectivity index (χ3n) is 3.14. The molecule has 8 heteroatoms. The van der Waals surface area contributed by atoms with Gasteiger partial charge in [0.2, 0.25) is 5.16 Å². The summed E-state index contributed by atoms with van der Waals surface area (Å²) in [6.45, 7) is 0. The molecule has 0 unspecified atom stereocenters. The van der Waals surface area contributed by atoms with Gasteiger partial charge in [-0.2, -0.15) is 0 Å². The first-order valence-electron chi connectivity index (χ1n) is 6.55. The van der Waals surface area contributed by atoms with Crippen molar-refractivity contribution in [1.29, 1.82) is 0 Å². The first-order chi connectivity index (χ1) is 11.1. The molecule has 118 valence electrons. The molecule has 1 aromatic heterocycles. The lowest BCUT2D eigenvalue weighted by atomic mass is 10.1. The van der Waals surface area contributed by atoms with Crippen LogP contribution in [-0.4, -0.2) is 18.7 Å². The smallest absolute Gasteiger partial charge is 0.243 e. The Kier molecular flexibility index (Phi) is 4.75. The summed E-state index contributed by atoms with van der Waals surface area (Å²) < 4.78 is 13.7. The average molecular weight is 370 g/mol. The Hall–Kier alpha value is -1.76. The molecule has 0 aliphatic rings. The molecule has 4 nitrogen and oxygen atoms in total. The summed E-state index contributed by atoms with van der Waals surface area (Å²) in [6.07, 6.45) is 0. The molecule has 0 saturated heterocycles. The van der Waals surface area contributed by atoms with E-state index in [-0.39, 0.29) is 10.1 Å². The standard InChI is InChI=1S/C15H10Cl2FN3OS/c16-13(17)23-14-19-21(18)15(22)20(14)12-8-6-11(7-9-12)10-4-2-1-3-5-10/h1-9,13H. The van der Waals surface area contributed by atoms with Crippen molar-refractivity contribution in [3.63, 3.8) is 0 Å². The van der Waals surface area contributed by atoms with Crippen molar-refractivity contribution >= 4 is 35.0 Å². The highest BCUT2D eigenvalue weighted by Crippen LogP contribution is 2.28. The number of aromatic nitrogens is 3. The maximum atomic E-state index is 13.5. The van der Waals surface area contributed by atoms with Crippen LogP contribution in [0.25, 0.3) is 16.8 Å². The molecule has 3 rings (SSSR count). The van der Waals surface area contributed by atoms with E-state index >= 15 is 0 Å². The lowest BCUT2D eigenvalue weighted by Gasteiger charge is -2.07. The molecule has 0 fully saturated rings. The van der Waals surface area contributed by atoms with Crippen LogP contribution in [0.2, 0.25) is 0 Å². The van der Waals surface area contributed by atoms with Gasteiger partial charge < -0.3 is 0 Å². The van der Waals surface area contributed by atoms with Gasteiger partial charge in [-0.25, -0.2) is 9.36 Å². The Labute approximate surface area is 145 Å². The van der Waals surface area contributed by atoms with Crippen molar-refractivity contribution < 1.29 is 4.48 Å². The van der Waals surface area contributed by atoms with Crippen LogP contribution in [0.15, 0.2) is 64.5 Å². The Bertz CT molecular complexity index is 863. The third kappa shape index (κ3) is 3.44. The molecule has 1 heterocycles. The van der Waals surface area contributed by atoms with Gasteiger partial charge in [-0.05, 0) is 39.9 Å². The molecule has 0 saturated carbocycles. The van der Waals surface area contributed by atoms with E-state index in [4.69, 9.17) is 23.2 Å². The molecule has 0 bridgehead atoms. The average Bonchev–Trinajstić information content (AvgIpc) is 2.82. The molecule has 0 amide bonds. The second kappa shape index (κ2) is 6.78. The van der Waals surface area contributed by atoms with E-state index in [0.29, 0.717) is 5.69 Å². The second-order valence-electron chi connectivity index (χ2n) is 4.55. The Morgan fingerprint density at radius 1 is 1.00 bits per heavy atom. The minimum atomic E-state index is -0.908. The molecule has 0 spiro atoms. The van der Waals surface area contributed by atoms with E-state index in [2.05, 4.69) is 5.10 Å². The van der Waals surface area contributed by atoms with E-state index in [1.807, 2.05) is 42.5 Å². The number of hydrogen-bond donors (Lipinski definition) is 0. The normalized spacial score (nSPS) is 11.1. The van der Waals surface area contributed by atoms with E-state index in [1.165, 1.54) is 0 Å². The molecule has 3 aromatic rings. The Morgan fingerprint density at radius 2 is 1.61 bits per heavy atom. The lowest BCUT2D eigenvalue weighted by Crippen LogP contribution is -2.19. The zero-order valence-corrected chi connectivity index (χ0v) is 13.9. The van der Waals surface area contributed by atoms with Crippen molar-refractivity contribution in [1.82, 2.24) is 14.6 Å². The predicted octanol–water partition coefficient (Wildman–Crippen LogP) is 4.29. The number of nitrogens with zero attached hydrogens (tertiary/aromatic N) is 3. The number of alkyl halides is 2. The van der Waals surface area contributed by atoms with Crippen molar-refractivity contribution in [2.24, 2.45) is 0 Å². The summed E-state index contributed by atoms with van der Waals surface area (Å²) in [4.78, 5) is 11.7. The van der Waals surface area contributed by atoms with Crippen LogP contribution < -0.4 is 5.69 Å². The topological polar surface area (TPSA) is 39.8 Å². The minimum absolute atomic E-state index is 0.0833. The summed E-state index contributed by atoms with van der Waals surface area (Å²) in [5.41, 5.74) is 1.60. The molecule has 23 heavy (non-hydrogen) atoms. The van der Waals surface area contributed by atoms with E-state index in [0.717, 1.165) is 27.5 Å². The Balaban J connectivity index is 2.01. The van der Waals surface area contributed by atoms with Crippen LogP contribution in [0.3, 0.4) is 0 Å². The van der Waals surface area contributed by atoms with E-state index in [1.54, 1.807) is 12.1 Å². The lowest BCUT2D eigenvalue weighted by molar-refractivity contribution is 0.296. The SMILES string of the molecule is O=c1n(F)nc(SC(Cl)Cl)n1-c1ccc(-c2ccccc2)cc1. The fourth-order valence-corrected chi connectivity index (χ4v) is 3.18. The first kappa shape index (κ1) is 16.1.